The molecule has 4 heteroatoms. The summed E-state index contributed by atoms with van der Waals surface area (Å²) in [5, 5.41) is 11.6. The first kappa shape index (κ1) is 14.2. The Labute approximate surface area is 107 Å². The summed E-state index contributed by atoms with van der Waals surface area (Å²) in [5.74, 6) is -1.36. The predicted molar refractivity (Wildman–Crippen MR) is 69.3 cm³/mol. The van der Waals surface area contributed by atoms with Crippen molar-refractivity contribution in [2.75, 3.05) is 6.54 Å². The molecule has 1 aromatic carbocycles. The molecule has 0 radical (unpaired) electrons. The summed E-state index contributed by atoms with van der Waals surface area (Å²) in [4.78, 5) is 22.8. The summed E-state index contributed by atoms with van der Waals surface area (Å²) >= 11 is 0. The maximum atomic E-state index is 11.9. The highest BCUT2D eigenvalue weighted by atomic mass is 16.4. The van der Waals surface area contributed by atoms with Gasteiger partial charge in [-0.1, -0.05) is 30.3 Å². The average molecular weight is 249 g/mol. The molecule has 1 rings (SSSR count). The Bertz CT molecular complexity index is 426. The van der Waals surface area contributed by atoms with Crippen molar-refractivity contribution in [1.29, 1.82) is 0 Å². The number of aliphatic carboxylic acids is 1. The third-order valence-corrected chi connectivity index (χ3v) is 2.98. The molecule has 0 aliphatic heterocycles. The predicted octanol–water partition coefficient (Wildman–Crippen LogP) is 2.02. The molecule has 1 amide bonds. The van der Waals surface area contributed by atoms with E-state index in [1.54, 1.807) is 20.8 Å². The van der Waals surface area contributed by atoms with Crippen LogP contribution in [0.5, 0.6) is 0 Å². The molecular weight excluding hydrogens is 230 g/mol. The maximum absolute atomic E-state index is 11.9. The highest BCUT2D eigenvalue weighted by molar-refractivity contribution is 5.84. The van der Waals surface area contributed by atoms with Crippen LogP contribution in [0.2, 0.25) is 0 Å². The summed E-state index contributed by atoms with van der Waals surface area (Å²) in [6, 6.07) is 9.40. The summed E-state index contributed by atoms with van der Waals surface area (Å²) in [6.45, 7) is 5.10. The molecule has 1 aromatic rings. The Morgan fingerprint density at radius 2 is 1.83 bits per heavy atom. The van der Waals surface area contributed by atoms with Gasteiger partial charge in [-0.15, -0.1) is 0 Å². The second-order valence-corrected chi connectivity index (χ2v) is 5.04. The van der Waals surface area contributed by atoms with E-state index in [4.69, 9.17) is 5.11 Å². The van der Waals surface area contributed by atoms with Crippen molar-refractivity contribution < 1.29 is 14.7 Å². The average Bonchev–Trinajstić information content (AvgIpc) is 2.36. The first-order chi connectivity index (χ1) is 8.34. The molecular formula is C14H19NO3. The fourth-order valence-corrected chi connectivity index (χ4v) is 1.43. The van der Waals surface area contributed by atoms with Gasteiger partial charge in [-0.3, -0.25) is 9.59 Å². The van der Waals surface area contributed by atoms with Crippen LogP contribution in [0.3, 0.4) is 0 Å². The van der Waals surface area contributed by atoms with Gasteiger partial charge in [0, 0.05) is 6.54 Å². The monoisotopic (exact) mass is 249 g/mol. The topological polar surface area (TPSA) is 66.4 Å². The van der Waals surface area contributed by atoms with Crippen LogP contribution in [0.15, 0.2) is 30.3 Å². The van der Waals surface area contributed by atoms with E-state index in [-0.39, 0.29) is 18.4 Å². The number of carbonyl (C=O) groups is 2. The molecule has 0 saturated carbocycles. The number of carboxylic acid groups (broad SMARTS) is 1. The van der Waals surface area contributed by atoms with Gasteiger partial charge in [0.1, 0.15) is 0 Å². The Balaban J connectivity index is 2.59. The normalized spacial score (nSPS) is 12.8. The number of carboxylic acids is 1. The van der Waals surface area contributed by atoms with Crippen LogP contribution in [-0.2, 0) is 9.59 Å². The van der Waals surface area contributed by atoms with E-state index >= 15 is 0 Å². The minimum absolute atomic E-state index is 0.123. The van der Waals surface area contributed by atoms with Gasteiger partial charge in [-0.2, -0.15) is 0 Å². The largest absolute Gasteiger partial charge is 0.481 e. The van der Waals surface area contributed by atoms with Gasteiger partial charge >= 0.3 is 5.97 Å². The highest BCUT2D eigenvalue weighted by Gasteiger charge is 2.28. The fraction of sp³-hybridized carbons (Fsp3) is 0.429. The molecule has 0 aromatic heterocycles. The van der Waals surface area contributed by atoms with Crippen LogP contribution >= 0.6 is 0 Å². The zero-order valence-electron chi connectivity index (χ0n) is 10.9. The van der Waals surface area contributed by atoms with E-state index < -0.39 is 11.4 Å². The molecule has 1 atom stereocenters. The zero-order chi connectivity index (χ0) is 13.8. The molecule has 0 fully saturated rings. The molecule has 0 bridgehead atoms. The van der Waals surface area contributed by atoms with Crippen LogP contribution in [0, 0.1) is 5.41 Å². The lowest BCUT2D eigenvalue weighted by molar-refractivity contribution is -0.146. The first-order valence-corrected chi connectivity index (χ1v) is 5.90. The Kier molecular flexibility index (Phi) is 4.48. The van der Waals surface area contributed by atoms with Crippen LogP contribution in [-0.4, -0.2) is 23.5 Å². The SMILES string of the molecule is C[C@@H](C(=O)NCC(C)(C)C(=O)O)c1ccccc1. The van der Waals surface area contributed by atoms with Crippen LogP contribution in [0.25, 0.3) is 0 Å². The number of hydrogen-bond acceptors (Lipinski definition) is 2. The van der Waals surface area contributed by atoms with Crippen molar-refractivity contribution in [3.63, 3.8) is 0 Å². The molecule has 0 aliphatic carbocycles. The lowest BCUT2D eigenvalue weighted by Crippen LogP contribution is -2.40. The second-order valence-electron chi connectivity index (χ2n) is 5.04. The summed E-state index contributed by atoms with van der Waals surface area (Å²) in [5.41, 5.74) is -0.0327. The molecule has 0 saturated heterocycles. The van der Waals surface area contributed by atoms with Gasteiger partial charge < -0.3 is 10.4 Å². The number of hydrogen-bond donors (Lipinski definition) is 2. The smallest absolute Gasteiger partial charge is 0.310 e. The van der Waals surface area contributed by atoms with Crippen LogP contribution in [0.4, 0.5) is 0 Å². The maximum Gasteiger partial charge on any atom is 0.310 e. The van der Waals surface area contributed by atoms with E-state index in [1.165, 1.54) is 0 Å². The van der Waals surface area contributed by atoms with E-state index in [2.05, 4.69) is 5.32 Å². The zero-order valence-corrected chi connectivity index (χ0v) is 10.9. The highest BCUT2D eigenvalue weighted by Crippen LogP contribution is 2.17. The number of benzene rings is 1. The van der Waals surface area contributed by atoms with E-state index in [1.807, 2.05) is 30.3 Å². The Morgan fingerprint density at radius 3 is 2.33 bits per heavy atom. The Morgan fingerprint density at radius 1 is 1.28 bits per heavy atom. The quantitative estimate of drug-likeness (QED) is 0.839. The number of rotatable bonds is 5. The second kappa shape index (κ2) is 5.67. The minimum atomic E-state index is -0.952. The van der Waals surface area contributed by atoms with E-state index in [0.29, 0.717) is 0 Å². The molecule has 0 heterocycles. The minimum Gasteiger partial charge on any atom is -0.481 e. The lowest BCUT2D eigenvalue weighted by Gasteiger charge is -2.21. The van der Waals surface area contributed by atoms with Gasteiger partial charge in [0.25, 0.3) is 0 Å². The van der Waals surface area contributed by atoms with Crippen molar-refractivity contribution in [3.8, 4) is 0 Å². The van der Waals surface area contributed by atoms with E-state index in [0.717, 1.165) is 5.56 Å². The third-order valence-electron chi connectivity index (χ3n) is 2.98. The van der Waals surface area contributed by atoms with Gasteiger partial charge in [-0.05, 0) is 26.3 Å². The fourth-order valence-electron chi connectivity index (χ4n) is 1.43. The van der Waals surface area contributed by atoms with E-state index in [9.17, 15) is 9.59 Å². The van der Waals surface area contributed by atoms with Crippen molar-refractivity contribution in [1.82, 2.24) is 5.32 Å². The van der Waals surface area contributed by atoms with Gasteiger partial charge in [-0.25, -0.2) is 0 Å². The third kappa shape index (κ3) is 3.58. The molecule has 0 aliphatic rings. The van der Waals surface area contributed by atoms with Crippen molar-refractivity contribution in [2.24, 2.45) is 5.41 Å². The van der Waals surface area contributed by atoms with Gasteiger partial charge in [0.15, 0.2) is 0 Å². The molecule has 4 nitrogen and oxygen atoms in total. The Hall–Kier alpha value is -1.84. The van der Waals surface area contributed by atoms with Crippen molar-refractivity contribution in [3.05, 3.63) is 35.9 Å². The molecule has 0 unspecified atom stereocenters. The van der Waals surface area contributed by atoms with Crippen molar-refractivity contribution in [2.45, 2.75) is 26.7 Å². The van der Waals surface area contributed by atoms with Crippen molar-refractivity contribution >= 4 is 11.9 Å². The first-order valence-electron chi connectivity index (χ1n) is 5.90. The van der Waals surface area contributed by atoms with Crippen LogP contribution in [0.1, 0.15) is 32.3 Å². The summed E-state index contributed by atoms with van der Waals surface area (Å²) in [6.07, 6.45) is 0. The lowest BCUT2D eigenvalue weighted by atomic mass is 9.93. The van der Waals surface area contributed by atoms with Gasteiger partial charge in [0.05, 0.1) is 11.3 Å². The summed E-state index contributed by atoms with van der Waals surface area (Å²) in [7, 11) is 0. The summed E-state index contributed by atoms with van der Waals surface area (Å²) < 4.78 is 0. The van der Waals surface area contributed by atoms with Crippen LogP contribution < -0.4 is 5.32 Å². The standard InChI is InChI=1S/C14H19NO3/c1-10(11-7-5-4-6-8-11)12(16)15-9-14(2,3)13(17)18/h4-8,10H,9H2,1-3H3,(H,15,16)(H,17,18)/t10-/m1/s1. The van der Waals surface area contributed by atoms with Gasteiger partial charge in [0.2, 0.25) is 5.91 Å². The molecule has 18 heavy (non-hydrogen) atoms. The molecule has 0 spiro atoms. The number of nitrogens with one attached hydrogen (secondary N) is 1. The number of amides is 1. The molecule has 2 N–H and O–H groups in total. The number of carbonyl (C=O) groups excluding carboxylic acids is 1. The molecule has 98 valence electrons.